The van der Waals surface area contributed by atoms with Crippen molar-refractivity contribution in [2.75, 3.05) is 5.32 Å². The Balaban J connectivity index is 1.58. The van der Waals surface area contributed by atoms with E-state index in [0.717, 1.165) is 34.1 Å². The highest BCUT2D eigenvalue weighted by atomic mass is 32.1. The maximum absolute atomic E-state index is 4.57. The van der Waals surface area contributed by atoms with Gasteiger partial charge in [0.15, 0.2) is 0 Å². The molecule has 2 aromatic heterocycles. The molecule has 4 rings (SSSR count). The fourth-order valence-corrected chi connectivity index (χ4v) is 3.01. The third-order valence-electron chi connectivity index (χ3n) is 3.46. The van der Waals surface area contributed by atoms with Gasteiger partial charge in [0.25, 0.3) is 0 Å². The summed E-state index contributed by atoms with van der Waals surface area (Å²) in [6.45, 7) is 0.750. The Morgan fingerprint density at radius 2 is 2.00 bits per heavy atom. The van der Waals surface area contributed by atoms with Crippen LogP contribution in [0.2, 0.25) is 0 Å². The molecule has 0 unspecified atom stereocenters. The zero-order valence-corrected chi connectivity index (χ0v) is 12.6. The standard InChI is InChI=1S/C17H14N4S/c1-2-4-12(5-3-1)11-19-17-20-14-7-6-13(10-15(14)21-17)16-18-8-9-22-16/h1-10H,11H2,(H2,19,20,21). The lowest BCUT2D eigenvalue weighted by Gasteiger charge is -2.01. The maximum Gasteiger partial charge on any atom is 0.201 e. The normalized spacial score (nSPS) is 10.9. The lowest BCUT2D eigenvalue weighted by molar-refractivity contribution is 1.10. The van der Waals surface area contributed by atoms with Crippen LogP contribution in [0, 0.1) is 0 Å². The highest BCUT2D eigenvalue weighted by Crippen LogP contribution is 2.25. The molecule has 0 amide bonds. The Hall–Kier alpha value is -2.66. The first-order chi connectivity index (χ1) is 10.9. The van der Waals surface area contributed by atoms with Crippen molar-refractivity contribution >= 4 is 28.3 Å². The Kier molecular flexibility index (Phi) is 3.33. The van der Waals surface area contributed by atoms with Gasteiger partial charge in [0.05, 0.1) is 11.0 Å². The average molecular weight is 306 g/mol. The smallest absolute Gasteiger partial charge is 0.201 e. The van der Waals surface area contributed by atoms with Crippen LogP contribution in [0.4, 0.5) is 5.95 Å². The molecule has 0 radical (unpaired) electrons. The van der Waals surface area contributed by atoms with Gasteiger partial charge in [-0.05, 0) is 23.8 Å². The van der Waals surface area contributed by atoms with Gasteiger partial charge in [-0.3, -0.25) is 0 Å². The number of nitrogens with zero attached hydrogens (tertiary/aromatic N) is 2. The molecule has 0 aliphatic carbocycles. The molecule has 4 nitrogen and oxygen atoms in total. The number of imidazole rings is 1. The Bertz CT molecular complexity index is 882. The summed E-state index contributed by atoms with van der Waals surface area (Å²) in [6, 6.07) is 16.5. The first kappa shape index (κ1) is 13.0. The fourth-order valence-electron chi connectivity index (χ4n) is 2.37. The Morgan fingerprint density at radius 3 is 2.82 bits per heavy atom. The zero-order valence-electron chi connectivity index (χ0n) is 11.8. The number of H-pyrrole nitrogens is 1. The minimum Gasteiger partial charge on any atom is -0.352 e. The molecule has 0 aliphatic rings. The molecular formula is C17H14N4S. The van der Waals surface area contributed by atoms with Gasteiger partial charge >= 0.3 is 0 Å². The Morgan fingerprint density at radius 1 is 1.09 bits per heavy atom. The fraction of sp³-hybridized carbons (Fsp3) is 0.0588. The number of aromatic nitrogens is 3. The molecule has 22 heavy (non-hydrogen) atoms. The number of rotatable bonds is 4. The number of fused-ring (bicyclic) bond motifs is 1. The van der Waals surface area contributed by atoms with Gasteiger partial charge in [-0.2, -0.15) is 0 Å². The van der Waals surface area contributed by atoms with Crippen molar-refractivity contribution in [3.8, 4) is 10.6 Å². The van der Waals surface area contributed by atoms with Gasteiger partial charge in [0, 0.05) is 23.7 Å². The van der Waals surface area contributed by atoms with Gasteiger partial charge in [-0.1, -0.05) is 30.3 Å². The largest absolute Gasteiger partial charge is 0.352 e. The number of nitrogens with one attached hydrogen (secondary N) is 2. The van der Waals surface area contributed by atoms with E-state index in [1.165, 1.54) is 5.56 Å². The minimum absolute atomic E-state index is 0.750. The minimum atomic E-state index is 0.750. The maximum atomic E-state index is 4.57. The molecular weight excluding hydrogens is 292 g/mol. The average Bonchev–Trinajstić information content (AvgIpc) is 3.22. The van der Waals surface area contributed by atoms with Gasteiger partial charge in [0.2, 0.25) is 5.95 Å². The monoisotopic (exact) mass is 306 g/mol. The van der Waals surface area contributed by atoms with Crippen LogP contribution in [-0.4, -0.2) is 15.0 Å². The summed E-state index contributed by atoms with van der Waals surface area (Å²) in [5.41, 5.74) is 4.31. The van der Waals surface area contributed by atoms with Gasteiger partial charge in [-0.15, -0.1) is 11.3 Å². The number of thiazole rings is 1. The van der Waals surface area contributed by atoms with Crippen molar-refractivity contribution < 1.29 is 0 Å². The molecule has 2 heterocycles. The second kappa shape index (κ2) is 5.61. The second-order valence-electron chi connectivity index (χ2n) is 4.99. The summed E-state index contributed by atoms with van der Waals surface area (Å²) < 4.78 is 0. The van der Waals surface area contributed by atoms with Crippen molar-refractivity contribution in [2.24, 2.45) is 0 Å². The van der Waals surface area contributed by atoms with E-state index >= 15 is 0 Å². The second-order valence-corrected chi connectivity index (χ2v) is 5.89. The highest BCUT2D eigenvalue weighted by molar-refractivity contribution is 7.13. The van der Waals surface area contributed by atoms with Crippen molar-refractivity contribution in [3.05, 3.63) is 65.7 Å². The van der Waals surface area contributed by atoms with E-state index in [1.54, 1.807) is 11.3 Å². The Labute approximate surface area is 131 Å². The molecule has 0 bridgehead atoms. The number of benzene rings is 2. The predicted octanol–water partition coefficient (Wildman–Crippen LogP) is 4.30. The van der Waals surface area contributed by atoms with E-state index in [-0.39, 0.29) is 0 Å². The molecule has 5 heteroatoms. The first-order valence-corrected chi connectivity index (χ1v) is 7.94. The summed E-state index contributed by atoms with van der Waals surface area (Å²) in [7, 11) is 0. The molecule has 2 aromatic carbocycles. The lowest BCUT2D eigenvalue weighted by Crippen LogP contribution is -2.00. The first-order valence-electron chi connectivity index (χ1n) is 7.06. The summed E-state index contributed by atoms with van der Waals surface area (Å²) >= 11 is 1.64. The van der Waals surface area contributed by atoms with E-state index < -0.39 is 0 Å². The summed E-state index contributed by atoms with van der Waals surface area (Å²) in [5.74, 6) is 0.787. The molecule has 0 aliphatic heterocycles. The van der Waals surface area contributed by atoms with Crippen LogP contribution in [0.5, 0.6) is 0 Å². The van der Waals surface area contributed by atoms with E-state index in [0.29, 0.717) is 0 Å². The summed E-state index contributed by atoms with van der Waals surface area (Å²) in [4.78, 5) is 12.2. The van der Waals surface area contributed by atoms with Crippen LogP contribution in [0.1, 0.15) is 5.56 Å². The zero-order chi connectivity index (χ0) is 14.8. The molecule has 0 fully saturated rings. The molecule has 4 aromatic rings. The number of hydrogen-bond acceptors (Lipinski definition) is 4. The van der Waals surface area contributed by atoms with Crippen molar-refractivity contribution in [2.45, 2.75) is 6.54 Å². The quantitative estimate of drug-likeness (QED) is 0.591. The number of aromatic amines is 1. The van der Waals surface area contributed by atoms with Crippen LogP contribution in [0.15, 0.2) is 60.1 Å². The molecule has 0 saturated carbocycles. The SMILES string of the molecule is c1ccc(CNc2nc3ccc(-c4nccs4)cc3[nH]2)cc1. The summed E-state index contributed by atoms with van der Waals surface area (Å²) in [6.07, 6.45) is 1.82. The number of anilines is 1. The predicted molar refractivity (Wildman–Crippen MR) is 91.0 cm³/mol. The number of hydrogen-bond donors (Lipinski definition) is 2. The van der Waals surface area contributed by atoms with Crippen molar-refractivity contribution in [3.63, 3.8) is 0 Å². The molecule has 0 spiro atoms. The van der Waals surface area contributed by atoms with E-state index in [9.17, 15) is 0 Å². The third-order valence-corrected chi connectivity index (χ3v) is 4.29. The van der Waals surface area contributed by atoms with Crippen LogP contribution < -0.4 is 5.32 Å². The summed E-state index contributed by atoms with van der Waals surface area (Å²) in [5, 5.41) is 6.33. The molecule has 108 valence electrons. The van der Waals surface area contributed by atoms with Crippen molar-refractivity contribution in [1.29, 1.82) is 0 Å². The van der Waals surface area contributed by atoms with Crippen LogP contribution in [0.25, 0.3) is 21.6 Å². The lowest BCUT2D eigenvalue weighted by atomic mass is 10.2. The van der Waals surface area contributed by atoms with Crippen LogP contribution in [-0.2, 0) is 6.54 Å². The van der Waals surface area contributed by atoms with Crippen LogP contribution >= 0.6 is 11.3 Å². The van der Waals surface area contributed by atoms with E-state index in [1.807, 2.05) is 35.8 Å². The highest BCUT2D eigenvalue weighted by Gasteiger charge is 2.06. The molecule has 0 atom stereocenters. The third kappa shape index (κ3) is 2.58. The van der Waals surface area contributed by atoms with Gasteiger partial charge in [-0.25, -0.2) is 9.97 Å². The van der Waals surface area contributed by atoms with E-state index in [4.69, 9.17) is 0 Å². The van der Waals surface area contributed by atoms with Gasteiger partial charge < -0.3 is 10.3 Å². The molecule has 0 saturated heterocycles. The van der Waals surface area contributed by atoms with Crippen molar-refractivity contribution in [1.82, 2.24) is 15.0 Å². The van der Waals surface area contributed by atoms with Gasteiger partial charge in [0.1, 0.15) is 5.01 Å². The topological polar surface area (TPSA) is 53.6 Å². The van der Waals surface area contributed by atoms with Crippen LogP contribution in [0.3, 0.4) is 0 Å². The van der Waals surface area contributed by atoms with E-state index in [2.05, 4.69) is 44.5 Å². The molecule has 2 N–H and O–H groups in total.